The summed E-state index contributed by atoms with van der Waals surface area (Å²) in [5, 5.41) is 0.353. The normalized spacial score (nSPS) is 15.6. The number of hydrogen-bond acceptors (Lipinski definition) is 2. The monoisotopic (exact) mass is 264 g/mol. The molecule has 96 valence electrons. The predicted octanol–water partition coefficient (Wildman–Crippen LogP) is 3.31. The highest BCUT2D eigenvalue weighted by Gasteiger charge is 2.26. The smallest absolute Gasteiger partial charge is 0.254 e. The van der Waals surface area contributed by atoms with Crippen LogP contribution in [-0.2, 0) is 0 Å². The highest BCUT2D eigenvalue weighted by molar-refractivity contribution is 6.29. The second-order valence-electron chi connectivity index (χ2n) is 4.55. The van der Waals surface area contributed by atoms with Gasteiger partial charge in [-0.25, -0.2) is 4.98 Å². The SMILES string of the molecule is C=CCN(C(=O)c1ccnc(Cl)c1)C1CCCC1. The van der Waals surface area contributed by atoms with E-state index in [2.05, 4.69) is 11.6 Å². The Morgan fingerprint density at radius 3 is 2.89 bits per heavy atom. The van der Waals surface area contributed by atoms with E-state index in [-0.39, 0.29) is 5.91 Å². The molecular weight excluding hydrogens is 248 g/mol. The molecule has 4 heteroatoms. The van der Waals surface area contributed by atoms with E-state index >= 15 is 0 Å². The molecule has 0 radical (unpaired) electrons. The van der Waals surface area contributed by atoms with E-state index in [1.165, 1.54) is 12.8 Å². The Bertz CT molecular complexity index is 441. The molecule has 1 aromatic heterocycles. The standard InChI is InChI=1S/C14H17ClN2O/c1-2-9-17(12-5-3-4-6-12)14(18)11-7-8-16-13(15)10-11/h2,7-8,10,12H,1,3-6,9H2. The second-order valence-corrected chi connectivity index (χ2v) is 4.94. The van der Waals surface area contributed by atoms with Crippen LogP contribution in [0, 0.1) is 0 Å². The molecule has 1 amide bonds. The Kier molecular flexibility index (Phi) is 4.37. The van der Waals surface area contributed by atoms with E-state index in [1.54, 1.807) is 24.4 Å². The van der Waals surface area contributed by atoms with Gasteiger partial charge in [-0.2, -0.15) is 0 Å². The molecule has 0 N–H and O–H groups in total. The van der Waals surface area contributed by atoms with Crippen LogP contribution in [0.3, 0.4) is 0 Å². The maximum atomic E-state index is 12.5. The summed E-state index contributed by atoms with van der Waals surface area (Å²) in [7, 11) is 0. The average Bonchev–Trinajstić information content (AvgIpc) is 2.89. The zero-order chi connectivity index (χ0) is 13.0. The zero-order valence-electron chi connectivity index (χ0n) is 10.3. The Balaban J connectivity index is 2.19. The van der Waals surface area contributed by atoms with Gasteiger partial charge in [-0.05, 0) is 25.0 Å². The van der Waals surface area contributed by atoms with Gasteiger partial charge in [0.15, 0.2) is 0 Å². The van der Waals surface area contributed by atoms with Crippen molar-refractivity contribution in [2.24, 2.45) is 0 Å². The van der Waals surface area contributed by atoms with Crippen molar-refractivity contribution in [2.45, 2.75) is 31.7 Å². The van der Waals surface area contributed by atoms with Gasteiger partial charge in [-0.3, -0.25) is 4.79 Å². The van der Waals surface area contributed by atoms with Crippen molar-refractivity contribution < 1.29 is 4.79 Å². The lowest BCUT2D eigenvalue weighted by Crippen LogP contribution is -2.38. The van der Waals surface area contributed by atoms with Gasteiger partial charge in [0.1, 0.15) is 5.15 Å². The molecule has 1 saturated carbocycles. The van der Waals surface area contributed by atoms with Crippen molar-refractivity contribution >= 4 is 17.5 Å². The fourth-order valence-electron chi connectivity index (χ4n) is 2.45. The van der Waals surface area contributed by atoms with E-state index in [0.29, 0.717) is 23.3 Å². The maximum absolute atomic E-state index is 12.5. The highest BCUT2D eigenvalue weighted by atomic mass is 35.5. The van der Waals surface area contributed by atoms with Crippen molar-refractivity contribution in [1.82, 2.24) is 9.88 Å². The van der Waals surface area contributed by atoms with E-state index in [0.717, 1.165) is 12.8 Å². The fraction of sp³-hybridized carbons (Fsp3) is 0.429. The summed E-state index contributed by atoms with van der Waals surface area (Å²) in [6.07, 6.45) is 7.90. The van der Waals surface area contributed by atoms with Crippen LogP contribution in [0.5, 0.6) is 0 Å². The summed E-state index contributed by atoms with van der Waals surface area (Å²) in [4.78, 5) is 18.3. The lowest BCUT2D eigenvalue weighted by molar-refractivity contribution is 0.0706. The first-order valence-electron chi connectivity index (χ1n) is 6.26. The fourth-order valence-corrected chi connectivity index (χ4v) is 2.63. The number of aromatic nitrogens is 1. The molecule has 2 rings (SSSR count). The van der Waals surface area contributed by atoms with E-state index in [9.17, 15) is 4.79 Å². The van der Waals surface area contributed by atoms with Crippen molar-refractivity contribution in [2.75, 3.05) is 6.54 Å². The lowest BCUT2D eigenvalue weighted by atomic mass is 10.1. The molecule has 0 spiro atoms. The molecule has 1 aromatic rings. The average molecular weight is 265 g/mol. The number of halogens is 1. The minimum Gasteiger partial charge on any atom is -0.332 e. The first-order chi connectivity index (χ1) is 8.72. The summed E-state index contributed by atoms with van der Waals surface area (Å²) in [6, 6.07) is 3.66. The summed E-state index contributed by atoms with van der Waals surface area (Å²) in [6.45, 7) is 4.32. The number of amides is 1. The van der Waals surface area contributed by atoms with Gasteiger partial charge in [-0.1, -0.05) is 30.5 Å². The number of nitrogens with zero attached hydrogens (tertiary/aromatic N) is 2. The minimum absolute atomic E-state index is 0.0195. The van der Waals surface area contributed by atoms with Crippen LogP contribution < -0.4 is 0 Å². The minimum atomic E-state index is 0.0195. The van der Waals surface area contributed by atoms with E-state index < -0.39 is 0 Å². The third kappa shape index (κ3) is 2.91. The van der Waals surface area contributed by atoms with Crippen LogP contribution in [-0.4, -0.2) is 28.4 Å². The molecule has 1 aliphatic rings. The molecule has 0 atom stereocenters. The Labute approximate surface area is 112 Å². The van der Waals surface area contributed by atoms with Crippen molar-refractivity contribution in [1.29, 1.82) is 0 Å². The van der Waals surface area contributed by atoms with Crippen LogP contribution in [0.15, 0.2) is 31.0 Å². The Hall–Kier alpha value is -1.35. The van der Waals surface area contributed by atoms with Crippen molar-refractivity contribution in [3.8, 4) is 0 Å². The van der Waals surface area contributed by atoms with Crippen LogP contribution in [0.4, 0.5) is 0 Å². The first kappa shape index (κ1) is 13.1. The lowest BCUT2D eigenvalue weighted by Gasteiger charge is -2.28. The van der Waals surface area contributed by atoms with E-state index in [4.69, 9.17) is 11.6 Å². The van der Waals surface area contributed by atoms with Crippen LogP contribution >= 0.6 is 11.6 Å². The van der Waals surface area contributed by atoms with Crippen molar-refractivity contribution in [3.05, 3.63) is 41.7 Å². The third-order valence-electron chi connectivity index (χ3n) is 3.33. The molecule has 0 aromatic carbocycles. The van der Waals surface area contributed by atoms with Gasteiger partial charge in [0.25, 0.3) is 5.91 Å². The molecule has 0 saturated heterocycles. The molecular formula is C14H17ClN2O. The number of carbonyl (C=O) groups is 1. The predicted molar refractivity (Wildman–Crippen MR) is 72.7 cm³/mol. The highest BCUT2D eigenvalue weighted by Crippen LogP contribution is 2.25. The maximum Gasteiger partial charge on any atom is 0.254 e. The molecule has 18 heavy (non-hydrogen) atoms. The van der Waals surface area contributed by atoms with Crippen LogP contribution in [0.25, 0.3) is 0 Å². The largest absolute Gasteiger partial charge is 0.332 e. The summed E-state index contributed by atoms with van der Waals surface area (Å²) in [5.41, 5.74) is 0.601. The topological polar surface area (TPSA) is 33.2 Å². The van der Waals surface area contributed by atoms with Gasteiger partial charge in [-0.15, -0.1) is 6.58 Å². The molecule has 0 unspecified atom stereocenters. The molecule has 1 aliphatic carbocycles. The van der Waals surface area contributed by atoms with Gasteiger partial charge in [0, 0.05) is 24.3 Å². The van der Waals surface area contributed by atoms with Crippen LogP contribution in [0.2, 0.25) is 5.15 Å². The van der Waals surface area contributed by atoms with Gasteiger partial charge >= 0.3 is 0 Å². The number of carbonyl (C=O) groups excluding carboxylic acids is 1. The number of hydrogen-bond donors (Lipinski definition) is 0. The summed E-state index contributed by atoms with van der Waals surface area (Å²) >= 11 is 5.83. The number of rotatable bonds is 4. The van der Waals surface area contributed by atoms with Crippen LogP contribution in [0.1, 0.15) is 36.0 Å². The van der Waals surface area contributed by atoms with Crippen molar-refractivity contribution in [3.63, 3.8) is 0 Å². The van der Waals surface area contributed by atoms with Gasteiger partial charge < -0.3 is 4.90 Å². The van der Waals surface area contributed by atoms with Gasteiger partial charge in [0.2, 0.25) is 0 Å². The second kappa shape index (κ2) is 6.01. The quantitative estimate of drug-likeness (QED) is 0.617. The molecule has 0 aliphatic heterocycles. The molecule has 0 bridgehead atoms. The number of pyridine rings is 1. The molecule has 1 fully saturated rings. The molecule has 1 heterocycles. The summed E-state index contributed by atoms with van der Waals surface area (Å²) in [5.74, 6) is 0.0195. The van der Waals surface area contributed by atoms with E-state index in [1.807, 2.05) is 4.90 Å². The third-order valence-corrected chi connectivity index (χ3v) is 3.53. The van der Waals surface area contributed by atoms with Gasteiger partial charge in [0.05, 0.1) is 0 Å². The first-order valence-corrected chi connectivity index (χ1v) is 6.63. The Morgan fingerprint density at radius 1 is 1.56 bits per heavy atom. The summed E-state index contributed by atoms with van der Waals surface area (Å²) < 4.78 is 0. The zero-order valence-corrected chi connectivity index (χ0v) is 11.1. The Morgan fingerprint density at radius 2 is 2.28 bits per heavy atom. The molecule has 3 nitrogen and oxygen atoms in total.